The molecule has 1 aromatic rings. The molecule has 0 radical (unpaired) electrons. The van der Waals surface area contributed by atoms with Gasteiger partial charge < -0.3 is 10.6 Å². The van der Waals surface area contributed by atoms with E-state index in [0.29, 0.717) is 12.6 Å². The smallest absolute Gasteiger partial charge is 0.253 e. The minimum Gasteiger partial charge on any atom is -0.339 e. The third-order valence-electron chi connectivity index (χ3n) is 4.24. The standard InChI is InChI=1S/C18H24N2O/c1-14-13-16(11-10-15(14)7-6-12-19)18(21)20(2)17-8-4-3-5-9-17/h10-11,13,17H,3-5,8-9,12,19H2,1-2H3. The van der Waals surface area contributed by atoms with Crippen LogP contribution in [0, 0.1) is 18.8 Å². The monoisotopic (exact) mass is 284 g/mol. The second-order valence-corrected chi connectivity index (χ2v) is 5.74. The van der Waals surface area contributed by atoms with E-state index in [1.807, 2.05) is 37.1 Å². The van der Waals surface area contributed by atoms with Gasteiger partial charge in [0.25, 0.3) is 5.91 Å². The van der Waals surface area contributed by atoms with Crippen LogP contribution in [0.5, 0.6) is 0 Å². The van der Waals surface area contributed by atoms with Gasteiger partial charge in [-0.05, 0) is 43.5 Å². The van der Waals surface area contributed by atoms with Gasteiger partial charge in [0.1, 0.15) is 0 Å². The molecule has 0 aromatic heterocycles. The summed E-state index contributed by atoms with van der Waals surface area (Å²) in [5.74, 6) is 6.00. The van der Waals surface area contributed by atoms with Gasteiger partial charge in [-0.25, -0.2) is 0 Å². The Balaban J connectivity index is 2.13. The van der Waals surface area contributed by atoms with E-state index in [1.54, 1.807) is 0 Å². The maximum atomic E-state index is 12.6. The Morgan fingerprint density at radius 2 is 2.05 bits per heavy atom. The number of benzene rings is 1. The van der Waals surface area contributed by atoms with E-state index in [9.17, 15) is 4.79 Å². The molecule has 3 heteroatoms. The molecule has 21 heavy (non-hydrogen) atoms. The fourth-order valence-electron chi connectivity index (χ4n) is 2.92. The SMILES string of the molecule is Cc1cc(C(=O)N(C)C2CCCCC2)ccc1C#CCN. The van der Waals surface area contributed by atoms with Crippen LogP contribution in [-0.4, -0.2) is 30.4 Å². The van der Waals surface area contributed by atoms with Crippen LogP contribution in [0.25, 0.3) is 0 Å². The predicted octanol–water partition coefficient (Wildman–Crippen LogP) is 2.71. The number of nitrogens with two attached hydrogens (primary N) is 1. The lowest BCUT2D eigenvalue weighted by molar-refractivity contribution is 0.0696. The summed E-state index contributed by atoms with van der Waals surface area (Å²) >= 11 is 0. The molecule has 2 N–H and O–H groups in total. The van der Waals surface area contributed by atoms with Crippen molar-refractivity contribution in [3.8, 4) is 11.8 Å². The van der Waals surface area contributed by atoms with Crippen LogP contribution in [0.1, 0.15) is 53.6 Å². The molecule has 0 unspecified atom stereocenters. The molecule has 1 amide bonds. The van der Waals surface area contributed by atoms with Gasteiger partial charge in [0.15, 0.2) is 0 Å². The summed E-state index contributed by atoms with van der Waals surface area (Å²) < 4.78 is 0. The van der Waals surface area contributed by atoms with E-state index in [4.69, 9.17) is 5.73 Å². The fraction of sp³-hybridized carbons (Fsp3) is 0.500. The summed E-state index contributed by atoms with van der Waals surface area (Å²) in [6.45, 7) is 2.34. The molecule has 0 heterocycles. The highest BCUT2D eigenvalue weighted by atomic mass is 16.2. The first-order valence-corrected chi connectivity index (χ1v) is 7.70. The molecule has 1 aliphatic rings. The summed E-state index contributed by atoms with van der Waals surface area (Å²) in [7, 11) is 1.93. The van der Waals surface area contributed by atoms with Gasteiger partial charge >= 0.3 is 0 Å². The molecule has 3 nitrogen and oxygen atoms in total. The topological polar surface area (TPSA) is 46.3 Å². The van der Waals surface area contributed by atoms with Crippen molar-refractivity contribution >= 4 is 5.91 Å². The minimum absolute atomic E-state index is 0.114. The van der Waals surface area contributed by atoms with Crippen molar-refractivity contribution in [2.24, 2.45) is 5.73 Å². The van der Waals surface area contributed by atoms with Crippen molar-refractivity contribution < 1.29 is 4.79 Å². The van der Waals surface area contributed by atoms with Crippen LogP contribution < -0.4 is 5.73 Å². The van der Waals surface area contributed by atoms with Crippen molar-refractivity contribution in [1.29, 1.82) is 0 Å². The van der Waals surface area contributed by atoms with Gasteiger partial charge in [0.05, 0.1) is 6.54 Å². The van der Waals surface area contributed by atoms with Crippen LogP contribution in [0.2, 0.25) is 0 Å². The highest BCUT2D eigenvalue weighted by molar-refractivity contribution is 5.94. The van der Waals surface area contributed by atoms with E-state index in [-0.39, 0.29) is 5.91 Å². The number of nitrogens with zero attached hydrogens (tertiary/aromatic N) is 1. The lowest BCUT2D eigenvalue weighted by Gasteiger charge is -2.31. The van der Waals surface area contributed by atoms with Crippen LogP contribution in [-0.2, 0) is 0 Å². The molecule has 0 spiro atoms. The molecule has 0 aliphatic heterocycles. The Morgan fingerprint density at radius 1 is 1.33 bits per heavy atom. The molecule has 0 saturated heterocycles. The van der Waals surface area contributed by atoms with Gasteiger partial charge in [0, 0.05) is 24.2 Å². The molecule has 1 fully saturated rings. The number of hydrogen-bond acceptors (Lipinski definition) is 2. The highest BCUT2D eigenvalue weighted by Crippen LogP contribution is 2.23. The summed E-state index contributed by atoms with van der Waals surface area (Å²) in [6, 6.07) is 6.11. The van der Waals surface area contributed by atoms with Crippen molar-refractivity contribution in [3.05, 3.63) is 34.9 Å². The van der Waals surface area contributed by atoms with E-state index in [0.717, 1.165) is 29.5 Å². The van der Waals surface area contributed by atoms with Gasteiger partial charge in [-0.1, -0.05) is 31.1 Å². The Morgan fingerprint density at radius 3 is 2.67 bits per heavy atom. The zero-order chi connectivity index (χ0) is 15.2. The van der Waals surface area contributed by atoms with Crippen molar-refractivity contribution in [2.45, 2.75) is 45.1 Å². The van der Waals surface area contributed by atoms with Crippen LogP contribution >= 0.6 is 0 Å². The van der Waals surface area contributed by atoms with E-state index in [1.165, 1.54) is 19.3 Å². The first kappa shape index (κ1) is 15.6. The summed E-state index contributed by atoms with van der Waals surface area (Å²) in [5, 5.41) is 0. The number of carbonyl (C=O) groups excluding carboxylic acids is 1. The Bertz CT molecular complexity index is 562. The average molecular weight is 284 g/mol. The van der Waals surface area contributed by atoms with Crippen LogP contribution in [0.4, 0.5) is 0 Å². The van der Waals surface area contributed by atoms with Gasteiger partial charge in [-0.15, -0.1) is 0 Å². The normalized spacial score (nSPS) is 15.2. The molecular formula is C18H24N2O. The quantitative estimate of drug-likeness (QED) is 0.849. The van der Waals surface area contributed by atoms with E-state index < -0.39 is 0 Å². The second-order valence-electron chi connectivity index (χ2n) is 5.74. The average Bonchev–Trinajstić information content (AvgIpc) is 2.53. The number of hydrogen-bond donors (Lipinski definition) is 1. The van der Waals surface area contributed by atoms with E-state index >= 15 is 0 Å². The maximum absolute atomic E-state index is 12.6. The number of carbonyl (C=O) groups is 1. The second kappa shape index (κ2) is 7.28. The Hall–Kier alpha value is -1.79. The van der Waals surface area contributed by atoms with Crippen molar-refractivity contribution in [3.63, 3.8) is 0 Å². The fourth-order valence-corrected chi connectivity index (χ4v) is 2.92. The number of aryl methyl sites for hydroxylation is 1. The number of rotatable bonds is 2. The molecule has 1 aromatic carbocycles. The third-order valence-corrected chi connectivity index (χ3v) is 4.24. The molecule has 0 bridgehead atoms. The van der Waals surface area contributed by atoms with Gasteiger partial charge in [-0.2, -0.15) is 0 Å². The lowest BCUT2D eigenvalue weighted by Crippen LogP contribution is -2.38. The zero-order valence-electron chi connectivity index (χ0n) is 13.0. The molecule has 112 valence electrons. The molecule has 1 saturated carbocycles. The summed E-state index contributed by atoms with van der Waals surface area (Å²) in [4.78, 5) is 14.5. The maximum Gasteiger partial charge on any atom is 0.253 e. The first-order valence-electron chi connectivity index (χ1n) is 7.70. The minimum atomic E-state index is 0.114. The Labute approximate surface area is 127 Å². The highest BCUT2D eigenvalue weighted by Gasteiger charge is 2.23. The van der Waals surface area contributed by atoms with E-state index in [2.05, 4.69) is 11.8 Å². The largest absolute Gasteiger partial charge is 0.339 e. The molecule has 2 rings (SSSR count). The zero-order valence-corrected chi connectivity index (χ0v) is 13.0. The van der Waals surface area contributed by atoms with Gasteiger partial charge in [0.2, 0.25) is 0 Å². The van der Waals surface area contributed by atoms with Crippen molar-refractivity contribution in [1.82, 2.24) is 4.90 Å². The third kappa shape index (κ3) is 3.86. The molecule has 0 atom stereocenters. The Kier molecular flexibility index (Phi) is 5.41. The number of amides is 1. The van der Waals surface area contributed by atoms with Crippen LogP contribution in [0.3, 0.4) is 0 Å². The van der Waals surface area contributed by atoms with Gasteiger partial charge in [-0.3, -0.25) is 4.79 Å². The predicted molar refractivity (Wildman–Crippen MR) is 86.1 cm³/mol. The lowest BCUT2D eigenvalue weighted by atomic mass is 9.94. The van der Waals surface area contributed by atoms with Crippen molar-refractivity contribution in [2.75, 3.05) is 13.6 Å². The molecule has 1 aliphatic carbocycles. The van der Waals surface area contributed by atoms with Crippen LogP contribution in [0.15, 0.2) is 18.2 Å². The summed E-state index contributed by atoms with van der Waals surface area (Å²) in [6.07, 6.45) is 6.01. The summed E-state index contributed by atoms with van der Waals surface area (Å²) in [5.41, 5.74) is 8.11. The molecular weight excluding hydrogens is 260 g/mol. The first-order chi connectivity index (χ1) is 10.1.